The zero-order valence-electron chi connectivity index (χ0n) is 20.5. The van der Waals surface area contributed by atoms with Gasteiger partial charge >= 0.3 is 0 Å². The summed E-state index contributed by atoms with van der Waals surface area (Å²) in [5.74, 6) is 0.731. The fourth-order valence-electron chi connectivity index (χ4n) is 4.74. The second-order valence-corrected chi connectivity index (χ2v) is 10.0. The van der Waals surface area contributed by atoms with Gasteiger partial charge in [-0.1, -0.05) is 103 Å². The van der Waals surface area contributed by atoms with Crippen molar-refractivity contribution in [3.63, 3.8) is 0 Å². The van der Waals surface area contributed by atoms with Gasteiger partial charge in [-0.05, 0) is 35.7 Å². The molecule has 4 nitrogen and oxygen atoms in total. The van der Waals surface area contributed by atoms with Crippen LogP contribution >= 0.6 is 15.9 Å². The van der Waals surface area contributed by atoms with Gasteiger partial charge in [0.2, 0.25) is 0 Å². The SMILES string of the molecule is CCCCCCOc1ccc(Br)cc1C(=O)N1CCN(C(c2ccccc2)c2ccccc2)CC1. The molecule has 0 radical (unpaired) electrons. The summed E-state index contributed by atoms with van der Waals surface area (Å²) >= 11 is 3.54. The number of piperazine rings is 1. The first-order valence-electron chi connectivity index (χ1n) is 12.7. The van der Waals surface area contributed by atoms with E-state index in [2.05, 4.69) is 88.4 Å². The van der Waals surface area contributed by atoms with Crippen LogP contribution in [0.3, 0.4) is 0 Å². The number of benzene rings is 3. The Hall–Kier alpha value is -2.63. The molecule has 0 N–H and O–H groups in total. The Balaban J connectivity index is 1.44. The Kier molecular flexibility index (Phi) is 9.38. The zero-order valence-corrected chi connectivity index (χ0v) is 22.1. The molecule has 184 valence electrons. The van der Waals surface area contributed by atoms with Gasteiger partial charge in [0.1, 0.15) is 5.75 Å². The van der Waals surface area contributed by atoms with Gasteiger partial charge in [0.15, 0.2) is 0 Å². The number of hydrogen-bond donors (Lipinski definition) is 0. The molecule has 1 aliphatic rings. The van der Waals surface area contributed by atoms with Gasteiger partial charge < -0.3 is 9.64 Å². The number of halogens is 1. The number of amides is 1. The molecule has 0 saturated carbocycles. The van der Waals surface area contributed by atoms with E-state index >= 15 is 0 Å². The molecular formula is C30H35BrN2O2. The number of carbonyl (C=O) groups excluding carboxylic acids is 1. The minimum atomic E-state index is 0.0467. The lowest BCUT2D eigenvalue weighted by molar-refractivity contribution is 0.0593. The molecule has 1 heterocycles. The molecule has 3 aromatic rings. The Morgan fingerprint density at radius 3 is 2.09 bits per heavy atom. The molecule has 0 spiro atoms. The maximum Gasteiger partial charge on any atom is 0.257 e. The van der Waals surface area contributed by atoms with Crippen LogP contribution in [0.25, 0.3) is 0 Å². The van der Waals surface area contributed by atoms with Crippen LogP contribution in [0.15, 0.2) is 83.3 Å². The van der Waals surface area contributed by atoms with Gasteiger partial charge in [-0.3, -0.25) is 9.69 Å². The fourth-order valence-corrected chi connectivity index (χ4v) is 5.11. The summed E-state index contributed by atoms with van der Waals surface area (Å²) in [5.41, 5.74) is 3.21. The molecule has 1 saturated heterocycles. The largest absolute Gasteiger partial charge is 0.493 e. The van der Waals surface area contributed by atoms with Crippen molar-refractivity contribution in [2.24, 2.45) is 0 Å². The first kappa shape index (κ1) is 25.5. The molecule has 0 bridgehead atoms. The highest BCUT2D eigenvalue weighted by molar-refractivity contribution is 9.10. The van der Waals surface area contributed by atoms with E-state index in [1.807, 2.05) is 23.1 Å². The number of carbonyl (C=O) groups is 1. The van der Waals surface area contributed by atoms with Crippen molar-refractivity contribution in [1.29, 1.82) is 0 Å². The van der Waals surface area contributed by atoms with Crippen LogP contribution in [0.4, 0.5) is 0 Å². The molecule has 0 atom stereocenters. The van der Waals surface area contributed by atoms with Crippen molar-refractivity contribution in [2.75, 3.05) is 32.8 Å². The highest BCUT2D eigenvalue weighted by Crippen LogP contribution is 2.31. The Morgan fingerprint density at radius 1 is 0.857 bits per heavy atom. The van der Waals surface area contributed by atoms with Gasteiger partial charge in [0, 0.05) is 30.7 Å². The van der Waals surface area contributed by atoms with Gasteiger partial charge in [-0.15, -0.1) is 0 Å². The summed E-state index contributed by atoms with van der Waals surface area (Å²) in [4.78, 5) is 18.0. The summed E-state index contributed by atoms with van der Waals surface area (Å²) in [7, 11) is 0. The van der Waals surface area contributed by atoms with Crippen LogP contribution in [-0.2, 0) is 0 Å². The molecule has 1 aliphatic heterocycles. The van der Waals surface area contributed by atoms with Crippen molar-refractivity contribution >= 4 is 21.8 Å². The summed E-state index contributed by atoms with van der Waals surface area (Å²) < 4.78 is 6.94. The fraction of sp³-hybridized carbons (Fsp3) is 0.367. The molecule has 1 amide bonds. The van der Waals surface area contributed by atoms with E-state index in [0.29, 0.717) is 31.0 Å². The predicted molar refractivity (Wildman–Crippen MR) is 146 cm³/mol. The van der Waals surface area contributed by atoms with Crippen molar-refractivity contribution < 1.29 is 9.53 Å². The number of rotatable bonds is 10. The van der Waals surface area contributed by atoms with Crippen LogP contribution < -0.4 is 4.74 Å². The summed E-state index contributed by atoms with van der Waals surface area (Å²) in [6.07, 6.45) is 4.58. The molecule has 35 heavy (non-hydrogen) atoms. The minimum absolute atomic E-state index is 0.0467. The third-order valence-electron chi connectivity index (χ3n) is 6.62. The van der Waals surface area contributed by atoms with E-state index in [4.69, 9.17) is 4.74 Å². The predicted octanol–water partition coefficient (Wildman–Crippen LogP) is 6.96. The monoisotopic (exact) mass is 534 g/mol. The first-order valence-corrected chi connectivity index (χ1v) is 13.5. The van der Waals surface area contributed by atoms with Gasteiger partial charge in [0.05, 0.1) is 18.2 Å². The normalized spacial score (nSPS) is 14.3. The minimum Gasteiger partial charge on any atom is -0.493 e. The highest BCUT2D eigenvalue weighted by atomic mass is 79.9. The Morgan fingerprint density at radius 2 is 1.49 bits per heavy atom. The molecule has 4 rings (SSSR count). The second-order valence-electron chi connectivity index (χ2n) is 9.10. The van der Waals surface area contributed by atoms with Gasteiger partial charge in [-0.2, -0.15) is 0 Å². The third-order valence-corrected chi connectivity index (χ3v) is 7.12. The van der Waals surface area contributed by atoms with Crippen molar-refractivity contribution in [3.05, 3.63) is 100 Å². The lowest BCUT2D eigenvalue weighted by Gasteiger charge is -2.40. The number of ether oxygens (including phenoxy) is 1. The number of unbranched alkanes of at least 4 members (excludes halogenated alkanes) is 3. The van der Waals surface area contributed by atoms with Crippen molar-refractivity contribution in [3.8, 4) is 5.75 Å². The maximum absolute atomic E-state index is 13.5. The molecule has 0 unspecified atom stereocenters. The first-order chi connectivity index (χ1) is 17.2. The lowest BCUT2D eigenvalue weighted by atomic mass is 9.96. The van der Waals surface area contributed by atoms with Crippen molar-refractivity contribution in [1.82, 2.24) is 9.80 Å². The van der Waals surface area contributed by atoms with Gasteiger partial charge in [0.25, 0.3) is 5.91 Å². The molecule has 0 aliphatic carbocycles. The molecule has 3 aromatic carbocycles. The molecule has 5 heteroatoms. The van der Waals surface area contributed by atoms with Crippen LogP contribution in [0, 0.1) is 0 Å². The molecule has 0 aromatic heterocycles. The quantitative estimate of drug-likeness (QED) is 0.263. The lowest BCUT2D eigenvalue weighted by Crippen LogP contribution is -2.50. The van der Waals surface area contributed by atoms with E-state index in [0.717, 1.165) is 30.4 Å². The summed E-state index contributed by atoms with van der Waals surface area (Å²) in [5, 5.41) is 0. The number of nitrogens with zero attached hydrogens (tertiary/aromatic N) is 2. The smallest absolute Gasteiger partial charge is 0.257 e. The van der Waals surface area contributed by atoms with E-state index in [1.165, 1.54) is 24.0 Å². The molecular weight excluding hydrogens is 500 g/mol. The summed E-state index contributed by atoms with van der Waals surface area (Å²) in [6, 6.07) is 27.2. The average molecular weight is 536 g/mol. The Bertz CT molecular complexity index is 1030. The topological polar surface area (TPSA) is 32.8 Å². The van der Waals surface area contributed by atoms with Crippen LogP contribution in [-0.4, -0.2) is 48.5 Å². The third kappa shape index (κ3) is 6.74. The number of hydrogen-bond acceptors (Lipinski definition) is 3. The van der Waals surface area contributed by atoms with E-state index in [1.54, 1.807) is 0 Å². The van der Waals surface area contributed by atoms with E-state index < -0.39 is 0 Å². The molecule has 1 fully saturated rings. The maximum atomic E-state index is 13.5. The van der Waals surface area contributed by atoms with Gasteiger partial charge in [-0.25, -0.2) is 0 Å². The Labute approximate surface area is 218 Å². The average Bonchev–Trinajstić information content (AvgIpc) is 2.91. The summed E-state index contributed by atoms with van der Waals surface area (Å²) in [6.45, 7) is 5.87. The zero-order chi connectivity index (χ0) is 24.5. The van der Waals surface area contributed by atoms with Crippen LogP contribution in [0.2, 0.25) is 0 Å². The van der Waals surface area contributed by atoms with E-state index in [-0.39, 0.29) is 11.9 Å². The highest BCUT2D eigenvalue weighted by Gasteiger charge is 2.29. The van der Waals surface area contributed by atoms with E-state index in [9.17, 15) is 4.79 Å². The van der Waals surface area contributed by atoms with Crippen LogP contribution in [0.5, 0.6) is 5.75 Å². The standard InChI is InChI=1S/C30H35BrN2O2/c1-2-3-4-11-22-35-28-17-16-26(31)23-27(28)30(34)33-20-18-32(19-21-33)29(24-12-7-5-8-13-24)25-14-9-6-10-15-25/h5-10,12-17,23,29H,2-4,11,18-22H2,1H3. The van der Waals surface area contributed by atoms with Crippen molar-refractivity contribution in [2.45, 2.75) is 38.6 Å². The second kappa shape index (κ2) is 12.9. The van der Waals surface area contributed by atoms with Crippen LogP contribution in [0.1, 0.15) is 60.1 Å².